The number of hydrogen-bond donors (Lipinski definition) is 2. The van der Waals surface area contributed by atoms with Gasteiger partial charge in [-0.3, -0.25) is 9.52 Å². The average Bonchev–Trinajstić information content (AvgIpc) is 3.06. The molecule has 0 spiro atoms. The van der Waals surface area contributed by atoms with E-state index in [9.17, 15) is 31.1 Å². The van der Waals surface area contributed by atoms with Gasteiger partial charge < -0.3 is 19.5 Å². The number of halogens is 1. The van der Waals surface area contributed by atoms with Crippen molar-refractivity contribution in [3.05, 3.63) is 84.2 Å². The van der Waals surface area contributed by atoms with Crippen molar-refractivity contribution in [1.29, 1.82) is 0 Å². The van der Waals surface area contributed by atoms with Crippen LogP contribution in [-0.2, 0) is 24.8 Å². The van der Waals surface area contributed by atoms with Gasteiger partial charge in [0.25, 0.3) is 15.9 Å². The lowest BCUT2D eigenvalue weighted by Gasteiger charge is -2.35. The summed E-state index contributed by atoms with van der Waals surface area (Å²) in [6, 6.07) is 16.2. The van der Waals surface area contributed by atoms with Crippen LogP contribution in [0.2, 0.25) is 0 Å². The molecule has 3 aromatic rings. The van der Waals surface area contributed by atoms with Gasteiger partial charge >= 0.3 is 0 Å². The largest absolute Gasteiger partial charge is 0.490 e. The first-order valence-corrected chi connectivity index (χ1v) is 18.8. The highest BCUT2D eigenvalue weighted by Gasteiger charge is 2.32. The Bertz CT molecular complexity index is 1740. The Hall–Kier alpha value is -3.56. The molecule has 0 saturated heterocycles. The van der Waals surface area contributed by atoms with E-state index in [1.807, 2.05) is 13.8 Å². The molecule has 4 rings (SSSR count). The molecule has 0 bridgehead atoms. The standard InChI is InChI=1S/C34H44FN3O8S2/c1-24-21-38(25(2)23-39)34(40)31-20-28(36-47(41,42)29-16-13-27(35)14-17-29)15-18-32(31)46-26(3)10-8-9-19-45-33(24)22-37(4)48(43,44)30-11-6-5-7-12-30/h5-7,11-18,20,24-26,33,36,39H,8-10,19,21-23H2,1-4H3/t24-,25-,26+,33+/m1/s1. The molecule has 2 N–H and O–H groups in total. The molecular formula is C34H44FN3O8S2. The number of nitrogens with zero attached hydrogens (tertiary/aromatic N) is 2. The zero-order valence-electron chi connectivity index (χ0n) is 27.6. The molecule has 262 valence electrons. The van der Waals surface area contributed by atoms with Gasteiger partial charge in [-0.2, -0.15) is 4.31 Å². The summed E-state index contributed by atoms with van der Waals surface area (Å²) in [5.41, 5.74) is 0.161. The summed E-state index contributed by atoms with van der Waals surface area (Å²) in [7, 11) is -6.44. The number of ether oxygens (including phenoxy) is 2. The summed E-state index contributed by atoms with van der Waals surface area (Å²) in [6.45, 7) is 5.53. The summed E-state index contributed by atoms with van der Waals surface area (Å²) >= 11 is 0. The number of likely N-dealkylation sites (N-methyl/N-ethyl adjacent to an activating group) is 1. The van der Waals surface area contributed by atoms with E-state index in [0.29, 0.717) is 19.4 Å². The van der Waals surface area contributed by atoms with E-state index < -0.39 is 43.9 Å². The molecule has 1 amide bonds. The van der Waals surface area contributed by atoms with E-state index in [2.05, 4.69) is 4.72 Å². The van der Waals surface area contributed by atoms with Crippen LogP contribution in [0.4, 0.5) is 10.1 Å². The van der Waals surface area contributed by atoms with E-state index in [1.54, 1.807) is 25.1 Å². The Labute approximate surface area is 282 Å². The minimum atomic E-state index is -4.12. The third-order valence-electron chi connectivity index (χ3n) is 8.32. The number of nitrogens with one attached hydrogen (secondary N) is 1. The van der Waals surface area contributed by atoms with Crippen molar-refractivity contribution in [2.45, 2.75) is 68.1 Å². The molecule has 0 radical (unpaired) electrons. The van der Waals surface area contributed by atoms with Gasteiger partial charge in [0.1, 0.15) is 11.6 Å². The molecule has 0 unspecified atom stereocenters. The van der Waals surface area contributed by atoms with Crippen molar-refractivity contribution in [2.24, 2.45) is 5.92 Å². The maximum absolute atomic E-state index is 14.3. The third kappa shape index (κ3) is 9.32. The van der Waals surface area contributed by atoms with Crippen LogP contribution >= 0.6 is 0 Å². The number of anilines is 1. The van der Waals surface area contributed by atoms with E-state index in [0.717, 1.165) is 30.7 Å². The van der Waals surface area contributed by atoms with Gasteiger partial charge in [-0.05, 0) is 87.7 Å². The lowest BCUT2D eigenvalue weighted by Crippen LogP contribution is -2.48. The van der Waals surface area contributed by atoms with Crippen molar-refractivity contribution in [3.8, 4) is 5.75 Å². The highest BCUT2D eigenvalue weighted by molar-refractivity contribution is 7.92. The molecule has 0 aliphatic carbocycles. The van der Waals surface area contributed by atoms with Gasteiger partial charge in [0.15, 0.2) is 0 Å². The SMILES string of the molecule is C[C@@H]1CN([C@H](C)CO)C(=O)c2cc(NS(=O)(=O)c3ccc(F)cc3)ccc2O[C@@H](C)CCCCO[C@H]1CN(C)S(=O)(=O)c1ccccc1. The van der Waals surface area contributed by atoms with Crippen molar-refractivity contribution in [3.63, 3.8) is 0 Å². The van der Waals surface area contributed by atoms with E-state index in [4.69, 9.17) is 9.47 Å². The molecular weight excluding hydrogens is 662 g/mol. The molecule has 1 heterocycles. The number of sulfonamides is 2. The zero-order valence-corrected chi connectivity index (χ0v) is 29.2. The summed E-state index contributed by atoms with van der Waals surface area (Å²) in [5, 5.41) is 10.2. The predicted molar refractivity (Wildman–Crippen MR) is 180 cm³/mol. The number of fused-ring (bicyclic) bond motifs is 1. The first-order valence-electron chi connectivity index (χ1n) is 15.9. The number of benzene rings is 3. The minimum Gasteiger partial charge on any atom is -0.490 e. The molecule has 1 aliphatic heterocycles. The fraction of sp³-hybridized carbons (Fsp3) is 0.441. The summed E-state index contributed by atoms with van der Waals surface area (Å²) in [5.74, 6) is -1.24. The number of carbonyl (C=O) groups is 1. The van der Waals surface area contributed by atoms with E-state index in [-0.39, 0.29) is 58.5 Å². The molecule has 14 heteroatoms. The predicted octanol–water partition coefficient (Wildman–Crippen LogP) is 4.74. The lowest BCUT2D eigenvalue weighted by atomic mass is 10.0. The van der Waals surface area contributed by atoms with E-state index >= 15 is 0 Å². The van der Waals surface area contributed by atoms with Crippen LogP contribution in [0.15, 0.2) is 82.6 Å². The summed E-state index contributed by atoms with van der Waals surface area (Å²) < 4.78 is 82.5. The van der Waals surface area contributed by atoms with Crippen LogP contribution < -0.4 is 9.46 Å². The number of aliphatic hydroxyl groups excluding tert-OH is 1. The van der Waals surface area contributed by atoms with Gasteiger partial charge in [-0.1, -0.05) is 25.1 Å². The second-order valence-corrected chi connectivity index (χ2v) is 15.9. The molecule has 11 nitrogen and oxygen atoms in total. The topological polar surface area (TPSA) is 143 Å². The molecule has 1 aliphatic rings. The number of amides is 1. The number of carbonyl (C=O) groups excluding carboxylic acids is 1. The van der Waals surface area contributed by atoms with E-state index in [1.165, 1.54) is 46.6 Å². The van der Waals surface area contributed by atoms with Crippen molar-refractivity contribution < 1.29 is 40.6 Å². The van der Waals surface area contributed by atoms with Crippen LogP contribution in [0.25, 0.3) is 0 Å². The Kier molecular flexibility index (Phi) is 12.6. The third-order valence-corrected chi connectivity index (χ3v) is 11.6. The second kappa shape index (κ2) is 16.2. The molecule has 0 aromatic heterocycles. The first kappa shape index (κ1) is 37.3. The molecule has 48 heavy (non-hydrogen) atoms. The quantitative estimate of drug-likeness (QED) is 0.325. The maximum Gasteiger partial charge on any atom is 0.261 e. The van der Waals surface area contributed by atoms with Gasteiger partial charge in [-0.25, -0.2) is 21.2 Å². The summed E-state index contributed by atoms with van der Waals surface area (Å²) in [4.78, 5) is 15.8. The normalized spacial score (nSPS) is 20.8. The lowest BCUT2D eigenvalue weighted by molar-refractivity contribution is -0.00833. The van der Waals surface area contributed by atoms with Crippen molar-refractivity contribution in [1.82, 2.24) is 9.21 Å². The highest BCUT2D eigenvalue weighted by atomic mass is 32.2. The smallest absolute Gasteiger partial charge is 0.261 e. The summed E-state index contributed by atoms with van der Waals surface area (Å²) in [6.07, 6.45) is 1.17. The molecule has 0 fully saturated rings. The Balaban J connectivity index is 1.68. The fourth-order valence-corrected chi connectivity index (χ4v) is 7.65. The minimum absolute atomic E-state index is 0.0271. The van der Waals surface area contributed by atoms with Gasteiger partial charge in [0.2, 0.25) is 10.0 Å². The number of rotatable bonds is 9. The fourth-order valence-electron chi connectivity index (χ4n) is 5.40. The Morgan fingerprint density at radius 2 is 1.69 bits per heavy atom. The van der Waals surface area contributed by atoms with Crippen LogP contribution in [0.3, 0.4) is 0 Å². The van der Waals surface area contributed by atoms with Crippen LogP contribution in [0, 0.1) is 11.7 Å². The maximum atomic E-state index is 14.3. The molecule has 3 aromatic carbocycles. The van der Waals surface area contributed by atoms with Gasteiger partial charge in [0.05, 0.1) is 40.2 Å². The molecule has 0 saturated carbocycles. The number of aliphatic hydroxyl groups is 1. The van der Waals surface area contributed by atoms with Gasteiger partial charge in [0, 0.05) is 38.3 Å². The van der Waals surface area contributed by atoms with Crippen LogP contribution in [-0.4, -0.2) is 88.7 Å². The molecule has 4 atom stereocenters. The Morgan fingerprint density at radius 3 is 2.35 bits per heavy atom. The van der Waals surface area contributed by atoms with Gasteiger partial charge in [-0.15, -0.1) is 0 Å². The first-order chi connectivity index (χ1) is 22.7. The van der Waals surface area contributed by atoms with Crippen molar-refractivity contribution in [2.75, 3.05) is 38.1 Å². The number of hydrogen-bond acceptors (Lipinski definition) is 8. The zero-order chi connectivity index (χ0) is 35.1. The second-order valence-electron chi connectivity index (χ2n) is 12.2. The van der Waals surface area contributed by atoms with Crippen LogP contribution in [0.1, 0.15) is 50.4 Å². The highest BCUT2D eigenvalue weighted by Crippen LogP contribution is 2.30. The monoisotopic (exact) mass is 705 g/mol. The van der Waals surface area contributed by atoms with Crippen molar-refractivity contribution >= 4 is 31.6 Å². The average molecular weight is 706 g/mol. The Morgan fingerprint density at radius 1 is 1.00 bits per heavy atom. The van der Waals surface area contributed by atoms with Crippen LogP contribution in [0.5, 0.6) is 5.75 Å².